The third kappa shape index (κ3) is 4.58. The van der Waals surface area contributed by atoms with E-state index in [1.54, 1.807) is 4.68 Å². The molecule has 0 amide bonds. The fourth-order valence-electron chi connectivity index (χ4n) is 3.60. The zero-order chi connectivity index (χ0) is 20.4. The number of likely N-dealkylation sites (tertiary alicyclic amines) is 1. The molecule has 0 aliphatic carbocycles. The molecule has 2 N–H and O–H groups in total. The van der Waals surface area contributed by atoms with Gasteiger partial charge in [0, 0.05) is 6.54 Å². The van der Waals surface area contributed by atoms with Crippen molar-refractivity contribution < 1.29 is 13.2 Å². The Balaban J connectivity index is 1.44. The predicted octanol–water partition coefficient (Wildman–Crippen LogP) is 2.80. The Labute approximate surface area is 164 Å². The number of benzene rings is 1. The van der Waals surface area contributed by atoms with E-state index in [2.05, 4.69) is 20.4 Å². The number of alkyl halides is 3. The van der Waals surface area contributed by atoms with Gasteiger partial charge in [-0.1, -0.05) is 18.2 Å². The van der Waals surface area contributed by atoms with Crippen LogP contribution < -0.4 is 10.9 Å². The van der Waals surface area contributed by atoms with E-state index in [-0.39, 0.29) is 11.5 Å². The van der Waals surface area contributed by atoms with Gasteiger partial charge in [0.25, 0.3) is 5.56 Å². The van der Waals surface area contributed by atoms with Gasteiger partial charge in [-0.15, -0.1) is 0 Å². The molecule has 1 aromatic carbocycles. The first-order chi connectivity index (χ1) is 13.9. The number of piperidine rings is 1. The third-order valence-electron chi connectivity index (χ3n) is 5.11. The first-order valence-corrected chi connectivity index (χ1v) is 9.45. The summed E-state index contributed by atoms with van der Waals surface area (Å²) in [7, 11) is 0. The molecule has 1 fully saturated rings. The molecule has 4 rings (SSSR count). The summed E-state index contributed by atoms with van der Waals surface area (Å²) in [6, 6.07) is 9.39. The Bertz CT molecular complexity index is 1020. The number of H-pyrrole nitrogens is 1. The summed E-state index contributed by atoms with van der Waals surface area (Å²) >= 11 is 0. The van der Waals surface area contributed by atoms with E-state index in [4.69, 9.17) is 0 Å². The number of nitrogens with zero attached hydrogens (tertiary/aromatic N) is 4. The van der Waals surface area contributed by atoms with Crippen LogP contribution in [0.15, 0.2) is 41.3 Å². The summed E-state index contributed by atoms with van der Waals surface area (Å²) in [5.74, 6) is 0.553. The maximum absolute atomic E-state index is 12.5. The molecule has 10 heteroatoms. The lowest BCUT2D eigenvalue weighted by molar-refractivity contribution is -0.148. The number of aromatic nitrogens is 4. The third-order valence-corrected chi connectivity index (χ3v) is 5.11. The highest BCUT2D eigenvalue weighted by Gasteiger charge is 2.32. The molecule has 1 aliphatic rings. The van der Waals surface area contributed by atoms with Crippen LogP contribution in [0, 0.1) is 5.92 Å². The molecule has 2 aromatic heterocycles. The second-order valence-corrected chi connectivity index (χ2v) is 7.26. The van der Waals surface area contributed by atoms with E-state index >= 15 is 0 Å². The monoisotopic (exact) mass is 406 g/mol. The highest BCUT2D eigenvalue weighted by molar-refractivity contribution is 5.76. The minimum Gasteiger partial charge on any atom is -0.355 e. The molecular formula is C19H21F3N6O. The summed E-state index contributed by atoms with van der Waals surface area (Å²) in [6.45, 7) is 0.501. The molecule has 3 aromatic rings. The maximum atomic E-state index is 12.5. The van der Waals surface area contributed by atoms with Crippen molar-refractivity contribution in [2.45, 2.75) is 19.0 Å². The lowest BCUT2D eigenvalue weighted by Crippen LogP contribution is -2.41. The van der Waals surface area contributed by atoms with Crippen molar-refractivity contribution in [3.05, 3.63) is 46.9 Å². The molecule has 0 atom stereocenters. The number of nitrogens with one attached hydrogen (secondary N) is 2. The van der Waals surface area contributed by atoms with Gasteiger partial charge in [0.2, 0.25) is 5.95 Å². The molecule has 0 bridgehead atoms. The summed E-state index contributed by atoms with van der Waals surface area (Å²) < 4.78 is 39.1. The summed E-state index contributed by atoms with van der Waals surface area (Å²) in [6.07, 6.45) is -1.35. The van der Waals surface area contributed by atoms with E-state index in [1.165, 1.54) is 11.1 Å². The Morgan fingerprint density at radius 2 is 1.90 bits per heavy atom. The molecule has 29 heavy (non-hydrogen) atoms. The van der Waals surface area contributed by atoms with Crippen LogP contribution in [-0.2, 0) is 0 Å². The highest BCUT2D eigenvalue weighted by atomic mass is 19.4. The van der Waals surface area contributed by atoms with Crippen LogP contribution in [0.3, 0.4) is 0 Å². The zero-order valence-corrected chi connectivity index (χ0v) is 15.6. The summed E-state index contributed by atoms with van der Waals surface area (Å²) in [5, 5.41) is 7.78. The number of para-hydroxylation sites is 1. The molecule has 3 heterocycles. The second-order valence-electron chi connectivity index (χ2n) is 7.26. The van der Waals surface area contributed by atoms with Crippen LogP contribution in [-0.4, -0.2) is 57.0 Å². The standard InChI is InChI=1S/C19H21F3N6O/c20-19(21,22)12-27-8-6-13(7-9-27)10-23-18-25-16-15(17(29)26-18)11-24-28(16)14-4-2-1-3-5-14/h1-5,11,13H,6-10,12H2,(H2,23,25,26,29). The predicted molar refractivity (Wildman–Crippen MR) is 103 cm³/mol. The van der Waals surface area contributed by atoms with Gasteiger partial charge in [0.1, 0.15) is 5.39 Å². The van der Waals surface area contributed by atoms with E-state index in [0.717, 1.165) is 5.69 Å². The van der Waals surface area contributed by atoms with Gasteiger partial charge in [-0.3, -0.25) is 14.7 Å². The van der Waals surface area contributed by atoms with Crippen LogP contribution in [0.1, 0.15) is 12.8 Å². The number of fused-ring (bicyclic) bond motifs is 1. The molecule has 0 saturated carbocycles. The van der Waals surface area contributed by atoms with E-state index in [1.807, 2.05) is 30.3 Å². The molecule has 0 radical (unpaired) electrons. The minimum absolute atomic E-state index is 0.222. The Morgan fingerprint density at radius 3 is 2.59 bits per heavy atom. The zero-order valence-electron chi connectivity index (χ0n) is 15.6. The topological polar surface area (TPSA) is 78.8 Å². The van der Waals surface area contributed by atoms with Crippen molar-refractivity contribution >= 4 is 17.0 Å². The second kappa shape index (κ2) is 7.86. The average Bonchev–Trinajstić information content (AvgIpc) is 3.11. The van der Waals surface area contributed by atoms with E-state index in [0.29, 0.717) is 49.5 Å². The van der Waals surface area contributed by atoms with Crippen molar-refractivity contribution in [2.75, 3.05) is 31.5 Å². The minimum atomic E-state index is -4.16. The van der Waals surface area contributed by atoms with Gasteiger partial charge in [0.05, 0.1) is 18.4 Å². The number of rotatable bonds is 5. The Morgan fingerprint density at radius 1 is 1.17 bits per heavy atom. The van der Waals surface area contributed by atoms with Crippen LogP contribution >= 0.6 is 0 Å². The number of anilines is 1. The number of aromatic amines is 1. The summed E-state index contributed by atoms with van der Waals surface area (Å²) in [4.78, 5) is 21.0. The number of hydrogen-bond acceptors (Lipinski definition) is 5. The number of halogens is 3. The first kappa shape index (κ1) is 19.4. The molecule has 7 nitrogen and oxygen atoms in total. The van der Waals surface area contributed by atoms with Gasteiger partial charge < -0.3 is 5.32 Å². The number of hydrogen-bond donors (Lipinski definition) is 2. The van der Waals surface area contributed by atoms with Crippen LogP contribution in [0.25, 0.3) is 16.7 Å². The lowest BCUT2D eigenvalue weighted by atomic mass is 9.97. The normalized spacial score (nSPS) is 16.4. The van der Waals surface area contributed by atoms with Gasteiger partial charge in [-0.25, -0.2) is 4.68 Å². The van der Waals surface area contributed by atoms with Crippen molar-refractivity contribution in [2.24, 2.45) is 5.92 Å². The van der Waals surface area contributed by atoms with Gasteiger partial charge in [-0.2, -0.15) is 23.3 Å². The van der Waals surface area contributed by atoms with Crippen molar-refractivity contribution in [1.82, 2.24) is 24.6 Å². The fourth-order valence-corrected chi connectivity index (χ4v) is 3.60. The average molecular weight is 406 g/mol. The van der Waals surface area contributed by atoms with Gasteiger partial charge in [-0.05, 0) is 44.0 Å². The van der Waals surface area contributed by atoms with Crippen molar-refractivity contribution in [3.8, 4) is 5.69 Å². The van der Waals surface area contributed by atoms with E-state index < -0.39 is 12.7 Å². The van der Waals surface area contributed by atoms with Crippen molar-refractivity contribution in [3.63, 3.8) is 0 Å². The highest BCUT2D eigenvalue weighted by Crippen LogP contribution is 2.23. The van der Waals surface area contributed by atoms with Gasteiger partial charge in [0.15, 0.2) is 5.65 Å². The quantitative estimate of drug-likeness (QED) is 0.681. The molecule has 0 spiro atoms. The van der Waals surface area contributed by atoms with Gasteiger partial charge >= 0.3 is 6.18 Å². The maximum Gasteiger partial charge on any atom is 0.401 e. The van der Waals surface area contributed by atoms with Crippen molar-refractivity contribution in [1.29, 1.82) is 0 Å². The Kier molecular flexibility index (Phi) is 5.27. The van der Waals surface area contributed by atoms with Crippen LogP contribution in [0.5, 0.6) is 0 Å². The molecule has 0 unspecified atom stereocenters. The first-order valence-electron chi connectivity index (χ1n) is 9.45. The SMILES string of the molecule is O=c1[nH]c(NCC2CCN(CC(F)(F)F)CC2)nc2c1cnn2-c1ccccc1. The molecule has 154 valence electrons. The fraction of sp³-hybridized carbons (Fsp3) is 0.421. The summed E-state index contributed by atoms with van der Waals surface area (Å²) in [5.41, 5.74) is 0.950. The van der Waals surface area contributed by atoms with Crippen LogP contribution in [0.4, 0.5) is 19.1 Å². The van der Waals surface area contributed by atoms with Crippen LogP contribution in [0.2, 0.25) is 0 Å². The molecular weight excluding hydrogens is 385 g/mol. The largest absolute Gasteiger partial charge is 0.401 e. The van der Waals surface area contributed by atoms with E-state index in [9.17, 15) is 18.0 Å². The molecule has 1 aliphatic heterocycles. The molecule has 1 saturated heterocycles. The smallest absolute Gasteiger partial charge is 0.355 e. The Hall–Kier alpha value is -2.88. The lowest BCUT2D eigenvalue weighted by Gasteiger charge is -2.32.